The van der Waals surface area contributed by atoms with Crippen LogP contribution in [0.25, 0.3) is 0 Å². The van der Waals surface area contributed by atoms with E-state index in [4.69, 9.17) is 19.7 Å². The highest BCUT2D eigenvalue weighted by Gasteiger charge is 2.38. The number of alkyl halides is 3. The molecule has 1 heterocycles. The summed E-state index contributed by atoms with van der Waals surface area (Å²) in [5.41, 5.74) is 0. The number of carboxylic acid groups (broad SMARTS) is 2. The van der Waals surface area contributed by atoms with Crippen molar-refractivity contribution in [3.05, 3.63) is 0 Å². The molecule has 0 aromatic carbocycles. The van der Waals surface area contributed by atoms with Gasteiger partial charge < -0.3 is 20.3 Å². The maximum Gasteiger partial charge on any atom is 0.490 e. The van der Waals surface area contributed by atoms with Gasteiger partial charge in [0.15, 0.2) is 6.10 Å². The van der Waals surface area contributed by atoms with E-state index in [9.17, 15) is 18.0 Å². The van der Waals surface area contributed by atoms with Crippen molar-refractivity contribution in [2.24, 2.45) is 5.92 Å². The molecular weight excluding hydrogens is 247 g/mol. The third-order valence-corrected chi connectivity index (χ3v) is 1.98. The summed E-state index contributed by atoms with van der Waals surface area (Å²) in [6.07, 6.45) is -5.71. The second-order valence-electron chi connectivity index (χ2n) is 3.22. The van der Waals surface area contributed by atoms with Crippen molar-refractivity contribution in [2.45, 2.75) is 12.3 Å². The number of hydrogen-bond acceptors (Lipinski definition) is 4. The average molecular weight is 259 g/mol. The molecule has 100 valence electrons. The third kappa shape index (κ3) is 5.50. The number of ether oxygens (including phenoxy) is 1. The van der Waals surface area contributed by atoms with E-state index in [0.717, 1.165) is 13.1 Å². The minimum absolute atomic E-state index is 0.155. The van der Waals surface area contributed by atoms with Crippen LogP contribution >= 0.6 is 0 Å². The molecule has 0 bridgehead atoms. The van der Waals surface area contributed by atoms with Gasteiger partial charge in [-0.2, -0.15) is 13.2 Å². The van der Waals surface area contributed by atoms with E-state index in [0.29, 0.717) is 0 Å². The van der Waals surface area contributed by atoms with E-state index in [1.54, 1.807) is 0 Å². The zero-order valence-electron chi connectivity index (χ0n) is 8.82. The quantitative estimate of drug-likeness (QED) is 0.657. The van der Waals surface area contributed by atoms with Crippen molar-refractivity contribution in [1.29, 1.82) is 0 Å². The highest BCUT2D eigenvalue weighted by Crippen LogP contribution is 2.13. The summed E-state index contributed by atoms with van der Waals surface area (Å²) in [6.45, 7) is 1.51. The Hall–Kier alpha value is -1.35. The van der Waals surface area contributed by atoms with Crippen molar-refractivity contribution in [3.8, 4) is 0 Å². The van der Waals surface area contributed by atoms with Gasteiger partial charge >= 0.3 is 18.1 Å². The molecule has 0 amide bonds. The van der Waals surface area contributed by atoms with Gasteiger partial charge in [0.25, 0.3) is 0 Å². The molecule has 1 saturated heterocycles. The Bertz CT molecular complexity index is 277. The second kappa shape index (κ2) is 6.40. The Morgan fingerprint density at radius 2 is 1.76 bits per heavy atom. The number of aliphatic carboxylic acids is 2. The summed E-state index contributed by atoms with van der Waals surface area (Å²) in [5, 5.41) is 18.7. The number of rotatable bonds is 3. The van der Waals surface area contributed by atoms with Crippen LogP contribution in [-0.2, 0) is 14.3 Å². The lowest BCUT2D eigenvalue weighted by Gasteiger charge is -2.30. The van der Waals surface area contributed by atoms with Crippen molar-refractivity contribution in [1.82, 2.24) is 5.32 Å². The first-order chi connectivity index (χ1) is 7.70. The number of carbonyl (C=O) groups is 2. The first kappa shape index (κ1) is 15.7. The summed E-state index contributed by atoms with van der Waals surface area (Å²) >= 11 is 0. The van der Waals surface area contributed by atoms with Gasteiger partial charge in [0.05, 0.1) is 0 Å². The molecule has 0 aliphatic carbocycles. The molecular formula is C8H12F3NO5. The predicted octanol–water partition coefficient (Wildman–Crippen LogP) is -0.0613. The standard InChI is InChI=1S/C6H11NO3.C2HF3O2/c1-10-5(6(8)9)4-2-7-3-4;3-2(4,5)1(6)7/h4-5,7H,2-3H2,1H3,(H,8,9);(H,6,7). The summed E-state index contributed by atoms with van der Waals surface area (Å²) < 4.78 is 36.5. The lowest BCUT2D eigenvalue weighted by Crippen LogP contribution is -2.51. The second-order valence-corrected chi connectivity index (χ2v) is 3.22. The largest absolute Gasteiger partial charge is 0.490 e. The molecule has 0 radical (unpaired) electrons. The molecule has 0 spiro atoms. The molecule has 17 heavy (non-hydrogen) atoms. The molecule has 3 N–H and O–H groups in total. The van der Waals surface area contributed by atoms with E-state index < -0.39 is 24.2 Å². The molecule has 9 heteroatoms. The minimum Gasteiger partial charge on any atom is -0.479 e. The Morgan fingerprint density at radius 1 is 1.35 bits per heavy atom. The van der Waals surface area contributed by atoms with Gasteiger partial charge in [-0.25, -0.2) is 9.59 Å². The fraction of sp³-hybridized carbons (Fsp3) is 0.750. The van der Waals surface area contributed by atoms with Crippen LogP contribution in [0.4, 0.5) is 13.2 Å². The molecule has 1 unspecified atom stereocenters. The summed E-state index contributed by atoms with van der Waals surface area (Å²) in [4.78, 5) is 19.3. The van der Waals surface area contributed by atoms with Crippen LogP contribution in [0.2, 0.25) is 0 Å². The lowest BCUT2D eigenvalue weighted by molar-refractivity contribution is -0.192. The minimum atomic E-state index is -5.08. The molecule has 0 saturated carbocycles. The van der Waals surface area contributed by atoms with Gasteiger partial charge in [-0.3, -0.25) is 0 Å². The van der Waals surface area contributed by atoms with Crippen LogP contribution in [0.15, 0.2) is 0 Å². The number of halogens is 3. The van der Waals surface area contributed by atoms with Gasteiger partial charge in [0.1, 0.15) is 0 Å². The Balaban J connectivity index is 0.000000325. The number of nitrogens with one attached hydrogen (secondary N) is 1. The van der Waals surface area contributed by atoms with E-state index in [1.807, 2.05) is 0 Å². The smallest absolute Gasteiger partial charge is 0.479 e. The van der Waals surface area contributed by atoms with E-state index in [1.165, 1.54) is 7.11 Å². The predicted molar refractivity (Wildman–Crippen MR) is 48.5 cm³/mol. The van der Waals surface area contributed by atoms with Gasteiger partial charge in [-0.1, -0.05) is 0 Å². The number of carboxylic acids is 2. The molecule has 1 rings (SSSR count). The first-order valence-corrected chi connectivity index (χ1v) is 4.46. The van der Waals surface area contributed by atoms with Crippen LogP contribution in [0, 0.1) is 5.92 Å². The van der Waals surface area contributed by atoms with Crippen LogP contribution in [-0.4, -0.2) is 54.6 Å². The molecule has 0 aromatic heterocycles. The maximum absolute atomic E-state index is 10.6. The zero-order valence-corrected chi connectivity index (χ0v) is 8.82. The van der Waals surface area contributed by atoms with Gasteiger partial charge in [-0.15, -0.1) is 0 Å². The molecule has 0 aromatic rings. The van der Waals surface area contributed by atoms with Crippen molar-refractivity contribution >= 4 is 11.9 Å². The maximum atomic E-state index is 10.6. The van der Waals surface area contributed by atoms with Crippen molar-refractivity contribution in [2.75, 3.05) is 20.2 Å². The topological polar surface area (TPSA) is 95.9 Å². The summed E-state index contributed by atoms with van der Waals surface area (Å²) in [5.74, 6) is -3.47. The zero-order chi connectivity index (χ0) is 13.6. The van der Waals surface area contributed by atoms with Gasteiger partial charge in [-0.05, 0) is 0 Å². The fourth-order valence-corrected chi connectivity index (χ4v) is 1.02. The number of methoxy groups -OCH3 is 1. The molecule has 1 fully saturated rings. The fourth-order valence-electron chi connectivity index (χ4n) is 1.02. The molecule has 1 aliphatic rings. The van der Waals surface area contributed by atoms with Crippen LogP contribution in [0.5, 0.6) is 0 Å². The summed E-state index contributed by atoms with van der Waals surface area (Å²) in [7, 11) is 1.43. The first-order valence-electron chi connectivity index (χ1n) is 4.46. The number of hydrogen-bond donors (Lipinski definition) is 3. The Morgan fingerprint density at radius 3 is 1.82 bits per heavy atom. The molecule has 1 aliphatic heterocycles. The normalized spacial score (nSPS) is 17.4. The van der Waals surface area contributed by atoms with Crippen molar-refractivity contribution in [3.63, 3.8) is 0 Å². The summed E-state index contributed by atoms with van der Waals surface area (Å²) in [6, 6.07) is 0. The van der Waals surface area contributed by atoms with Crippen LogP contribution < -0.4 is 5.32 Å². The van der Waals surface area contributed by atoms with Crippen molar-refractivity contribution < 1.29 is 37.7 Å². The SMILES string of the molecule is COC(C(=O)O)C1CNC1.O=C(O)C(F)(F)F. The van der Waals surface area contributed by atoms with E-state index in [2.05, 4.69) is 5.32 Å². The van der Waals surface area contributed by atoms with E-state index in [-0.39, 0.29) is 5.92 Å². The molecule has 6 nitrogen and oxygen atoms in total. The van der Waals surface area contributed by atoms with Gasteiger partial charge in [0, 0.05) is 26.1 Å². The highest BCUT2D eigenvalue weighted by atomic mass is 19.4. The Labute approximate surface area is 94.4 Å². The van der Waals surface area contributed by atoms with Crippen LogP contribution in [0.3, 0.4) is 0 Å². The average Bonchev–Trinajstić information content (AvgIpc) is 2.09. The Kier molecular flexibility index (Phi) is 5.89. The third-order valence-electron chi connectivity index (χ3n) is 1.98. The monoisotopic (exact) mass is 259 g/mol. The van der Waals surface area contributed by atoms with Crippen LogP contribution in [0.1, 0.15) is 0 Å². The highest BCUT2D eigenvalue weighted by molar-refractivity contribution is 5.73. The van der Waals surface area contributed by atoms with Gasteiger partial charge in [0.2, 0.25) is 0 Å². The molecule has 1 atom stereocenters. The van der Waals surface area contributed by atoms with E-state index >= 15 is 0 Å². The lowest BCUT2D eigenvalue weighted by atomic mass is 9.96.